The van der Waals surface area contributed by atoms with E-state index in [9.17, 15) is 4.79 Å². The molecule has 0 bridgehead atoms. The molecule has 0 amide bonds. The minimum atomic E-state index is -0.486. The molecule has 0 aliphatic carbocycles. The number of benzene rings is 2. The van der Waals surface area contributed by atoms with Gasteiger partial charge in [-0.1, -0.05) is 52.7 Å². The fourth-order valence-electron chi connectivity index (χ4n) is 3.42. The normalized spacial score (nSPS) is 11.1. The van der Waals surface area contributed by atoms with Crippen LogP contribution in [0, 0.1) is 6.92 Å². The summed E-state index contributed by atoms with van der Waals surface area (Å²) in [6.45, 7) is 6.17. The molecule has 32 heavy (non-hydrogen) atoms. The van der Waals surface area contributed by atoms with E-state index in [1.54, 1.807) is 23.2 Å². The van der Waals surface area contributed by atoms with Gasteiger partial charge in [-0.3, -0.25) is 0 Å². The molecule has 2 aromatic heterocycles. The number of carbonyl (C=O) groups excluding carboxylic acids is 1. The summed E-state index contributed by atoms with van der Waals surface area (Å²) in [6.07, 6.45) is 0.730. The van der Waals surface area contributed by atoms with Gasteiger partial charge in [-0.15, -0.1) is 22.0 Å². The monoisotopic (exact) mass is 510 g/mol. The molecular formula is C24H23BrN4O2S. The summed E-state index contributed by atoms with van der Waals surface area (Å²) in [5, 5.41) is 13.5. The number of rotatable bonds is 7. The maximum Gasteiger partial charge on any atom is 0.360 e. The number of halogens is 1. The van der Waals surface area contributed by atoms with E-state index in [1.807, 2.05) is 24.3 Å². The Bertz CT molecular complexity index is 1250. The van der Waals surface area contributed by atoms with Crippen LogP contribution in [0.5, 0.6) is 0 Å². The molecule has 0 unspecified atom stereocenters. The van der Waals surface area contributed by atoms with Gasteiger partial charge < -0.3 is 4.74 Å². The molecule has 0 saturated heterocycles. The van der Waals surface area contributed by atoms with Crippen LogP contribution in [0.15, 0.2) is 57.9 Å². The highest BCUT2D eigenvalue weighted by Crippen LogP contribution is 2.31. The Morgan fingerprint density at radius 3 is 2.44 bits per heavy atom. The SMILES string of the molecule is CCOC(=O)c1nnc2c(-c3ccc(Br)cc3)c(CC)nn2c1CSc1ccc(C)cc1. The smallest absolute Gasteiger partial charge is 0.360 e. The van der Waals surface area contributed by atoms with Gasteiger partial charge in [-0.05, 0) is 50.1 Å². The van der Waals surface area contributed by atoms with Crippen LogP contribution in [0.25, 0.3) is 16.8 Å². The third kappa shape index (κ3) is 4.56. The van der Waals surface area contributed by atoms with Gasteiger partial charge >= 0.3 is 5.97 Å². The Morgan fingerprint density at radius 1 is 1.06 bits per heavy atom. The number of fused-ring (bicyclic) bond motifs is 1. The fraction of sp³-hybridized carbons (Fsp3) is 0.250. The molecule has 0 saturated carbocycles. The van der Waals surface area contributed by atoms with Crippen molar-refractivity contribution in [2.45, 2.75) is 37.8 Å². The second kappa shape index (κ2) is 9.83. The number of esters is 1. The lowest BCUT2D eigenvalue weighted by Gasteiger charge is -2.10. The molecule has 0 atom stereocenters. The summed E-state index contributed by atoms with van der Waals surface area (Å²) < 4.78 is 8.01. The standard InChI is InChI=1S/C24H23BrN4O2S/c1-4-19-21(16-8-10-17(25)11-9-16)23-27-26-22(24(30)31-5-2)20(29(23)28-19)14-32-18-12-6-15(3)7-13-18/h6-13H,4-5,14H2,1-3H3. The molecule has 8 heteroatoms. The second-order valence-electron chi connectivity index (χ2n) is 7.24. The van der Waals surface area contributed by atoms with E-state index < -0.39 is 5.97 Å². The molecule has 0 spiro atoms. The summed E-state index contributed by atoms with van der Waals surface area (Å²) in [7, 11) is 0. The lowest BCUT2D eigenvalue weighted by Crippen LogP contribution is -2.16. The predicted molar refractivity (Wildman–Crippen MR) is 130 cm³/mol. The van der Waals surface area contributed by atoms with Crippen molar-refractivity contribution >= 4 is 39.3 Å². The van der Waals surface area contributed by atoms with E-state index in [0.717, 1.165) is 32.6 Å². The first-order chi connectivity index (χ1) is 15.5. The minimum Gasteiger partial charge on any atom is -0.461 e. The minimum absolute atomic E-state index is 0.200. The molecule has 0 N–H and O–H groups in total. The van der Waals surface area contributed by atoms with Crippen LogP contribution < -0.4 is 0 Å². The van der Waals surface area contributed by atoms with Crippen molar-refractivity contribution in [3.8, 4) is 11.1 Å². The van der Waals surface area contributed by atoms with Crippen LogP contribution in [-0.2, 0) is 16.9 Å². The van der Waals surface area contributed by atoms with Crippen LogP contribution in [0.1, 0.15) is 41.3 Å². The molecule has 6 nitrogen and oxygen atoms in total. The zero-order valence-corrected chi connectivity index (χ0v) is 20.5. The largest absolute Gasteiger partial charge is 0.461 e. The van der Waals surface area contributed by atoms with Crippen molar-refractivity contribution in [3.05, 3.63) is 75.6 Å². The van der Waals surface area contributed by atoms with Crippen molar-refractivity contribution in [1.29, 1.82) is 0 Å². The number of aromatic nitrogens is 4. The lowest BCUT2D eigenvalue weighted by atomic mass is 10.0. The molecule has 0 aliphatic rings. The first-order valence-electron chi connectivity index (χ1n) is 10.4. The van der Waals surface area contributed by atoms with Gasteiger partial charge in [-0.25, -0.2) is 9.31 Å². The average Bonchev–Trinajstić information content (AvgIpc) is 3.18. The molecule has 0 radical (unpaired) electrons. The van der Waals surface area contributed by atoms with Crippen molar-refractivity contribution in [2.24, 2.45) is 0 Å². The predicted octanol–water partition coefficient (Wildman–Crippen LogP) is 5.89. The van der Waals surface area contributed by atoms with E-state index in [2.05, 4.69) is 64.2 Å². The topological polar surface area (TPSA) is 69.4 Å². The first-order valence-corrected chi connectivity index (χ1v) is 12.2. The number of aryl methyl sites for hydroxylation is 2. The third-order valence-corrected chi connectivity index (χ3v) is 6.59. The number of hydrogen-bond donors (Lipinski definition) is 0. The Kier molecular flexibility index (Phi) is 6.91. The van der Waals surface area contributed by atoms with Crippen molar-refractivity contribution in [3.63, 3.8) is 0 Å². The van der Waals surface area contributed by atoms with Gasteiger partial charge in [0.2, 0.25) is 0 Å². The van der Waals surface area contributed by atoms with Gasteiger partial charge in [-0.2, -0.15) is 5.10 Å². The Balaban J connectivity index is 1.85. The number of nitrogens with zero attached hydrogens (tertiary/aromatic N) is 4. The highest BCUT2D eigenvalue weighted by Gasteiger charge is 2.24. The van der Waals surface area contributed by atoms with E-state index >= 15 is 0 Å². The highest BCUT2D eigenvalue weighted by atomic mass is 79.9. The average molecular weight is 511 g/mol. The van der Waals surface area contributed by atoms with E-state index in [0.29, 0.717) is 17.1 Å². The van der Waals surface area contributed by atoms with Gasteiger partial charge in [0.1, 0.15) is 0 Å². The Morgan fingerprint density at radius 2 is 1.78 bits per heavy atom. The van der Waals surface area contributed by atoms with E-state index in [4.69, 9.17) is 9.84 Å². The van der Waals surface area contributed by atoms with Gasteiger partial charge in [0.05, 0.1) is 23.6 Å². The third-order valence-electron chi connectivity index (χ3n) is 5.04. The van der Waals surface area contributed by atoms with Crippen LogP contribution in [0.2, 0.25) is 0 Å². The Hall–Kier alpha value is -2.71. The van der Waals surface area contributed by atoms with E-state index in [1.165, 1.54) is 5.56 Å². The lowest BCUT2D eigenvalue weighted by molar-refractivity contribution is 0.0516. The quantitative estimate of drug-likeness (QED) is 0.228. The molecule has 2 aromatic carbocycles. The summed E-state index contributed by atoms with van der Waals surface area (Å²) in [6, 6.07) is 16.3. The van der Waals surface area contributed by atoms with Gasteiger partial charge in [0.25, 0.3) is 0 Å². The zero-order valence-electron chi connectivity index (χ0n) is 18.1. The number of ether oxygens (including phenoxy) is 1. The number of thioether (sulfide) groups is 1. The molecule has 4 rings (SSSR count). The molecule has 0 fully saturated rings. The molecule has 4 aromatic rings. The number of hydrogen-bond acceptors (Lipinski definition) is 6. The van der Waals surface area contributed by atoms with Crippen molar-refractivity contribution in [1.82, 2.24) is 19.8 Å². The molecule has 164 valence electrons. The van der Waals surface area contributed by atoms with Crippen LogP contribution in [0.3, 0.4) is 0 Å². The summed E-state index contributed by atoms with van der Waals surface area (Å²) >= 11 is 5.11. The summed E-state index contributed by atoms with van der Waals surface area (Å²) in [4.78, 5) is 13.8. The maximum absolute atomic E-state index is 12.7. The zero-order chi connectivity index (χ0) is 22.7. The molecule has 0 aliphatic heterocycles. The van der Waals surface area contributed by atoms with Crippen LogP contribution in [0.4, 0.5) is 0 Å². The number of carbonyl (C=O) groups is 1. The molecular weight excluding hydrogens is 488 g/mol. The summed E-state index contributed by atoms with van der Waals surface area (Å²) in [5.41, 5.74) is 5.57. The second-order valence-corrected chi connectivity index (χ2v) is 9.20. The first kappa shape index (κ1) is 22.5. The Labute approximate surface area is 199 Å². The van der Waals surface area contributed by atoms with E-state index in [-0.39, 0.29) is 12.3 Å². The van der Waals surface area contributed by atoms with Gasteiger partial charge in [0, 0.05) is 15.1 Å². The van der Waals surface area contributed by atoms with Crippen molar-refractivity contribution in [2.75, 3.05) is 6.61 Å². The highest BCUT2D eigenvalue weighted by molar-refractivity contribution is 9.10. The van der Waals surface area contributed by atoms with Crippen LogP contribution >= 0.6 is 27.7 Å². The fourth-order valence-corrected chi connectivity index (χ4v) is 4.58. The summed E-state index contributed by atoms with van der Waals surface area (Å²) in [5.74, 6) is 0.0218. The van der Waals surface area contributed by atoms with Crippen molar-refractivity contribution < 1.29 is 9.53 Å². The maximum atomic E-state index is 12.7. The molecule has 2 heterocycles. The van der Waals surface area contributed by atoms with Crippen LogP contribution in [-0.4, -0.2) is 32.4 Å². The van der Waals surface area contributed by atoms with Gasteiger partial charge in [0.15, 0.2) is 11.3 Å².